The summed E-state index contributed by atoms with van der Waals surface area (Å²) in [6.07, 6.45) is 4.43. The quantitative estimate of drug-likeness (QED) is 0.618. The van der Waals surface area contributed by atoms with Crippen LogP contribution in [0.25, 0.3) is 28.5 Å². The van der Waals surface area contributed by atoms with Crippen molar-refractivity contribution in [1.82, 2.24) is 4.57 Å². The van der Waals surface area contributed by atoms with Crippen molar-refractivity contribution in [2.45, 2.75) is 6.54 Å². The minimum absolute atomic E-state index is 0.965. The molecule has 96 valence electrons. The van der Waals surface area contributed by atoms with E-state index >= 15 is 0 Å². The molecular formula is C19H15N. The molecule has 0 fully saturated rings. The first-order valence-electron chi connectivity index (χ1n) is 6.94. The maximum atomic E-state index is 2.39. The standard InChI is InChI=1S/C19H15N/c1-3-8-15(9-4-1)18-14-17-12-7-13-20(17)19(18)16-10-5-2-6-11-16/h1-12,14H,13H2. The van der Waals surface area contributed by atoms with Crippen LogP contribution >= 0.6 is 0 Å². The summed E-state index contributed by atoms with van der Waals surface area (Å²) >= 11 is 0. The van der Waals surface area contributed by atoms with Gasteiger partial charge in [0.1, 0.15) is 0 Å². The number of aromatic nitrogens is 1. The second-order valence-corrected chi connectivity index (χ2v) is 5.08. The first kappa shape index (κ1) is 11.3. The Labute approximate surface area is 118 Å². The Bertz CT molecular complexity index is 764. The van der Waals surface area contributed by atoms with Crippen LogP contribution in [0.2, 0.25) is 0 Å². The van der Waals surface area contributed by atoms with Crippen molar-refractivity contribution in [3.05, 3.63) is 78.5 Å². The highest BCUT2D eigenvalue weighted by molar-refractivity contribution is 5.85. The van der Waals surface area contributed by atoms with E-state index in [4.69, 9.17) is 0 Å². The molecule has 0 radical (unpaired) electrons. The third-order valence-electron chi connectivity index (χ3n) is 3.84. The topological polar surface area (TPSA) is 4.93 Å². The minimum Gasteiger partial charge on any atom is -0.337 e. The van der Waals surface area contributed by atoms with E-state index in [0.29, 0.717) is 0 Å². The van der Waals surface area contributed by atoms with Crippen molar-refractivity contribution in [3.63, 3.8) is 0 Å². The first-order valence-corrected chi connectivity index (χ1v) is 6.94. The summed E-state index contributed by atoms with van der Waals surface area (Å²) in [5.41, 5.74) is 6.48. The number of fused-ring (bicyclic) bond motifs is 1. The smallest absolute Gasteiger partial charge is 0.0567 e. The molecule has 0 aliphatic carbocycles. The molecule has 20 heavy (non-hydrogen) atoms. The first-order chi connectivity index (χ1) is 9.93. The molecule has 1 aliphatic heterocycles. The van der Waals surface area contributed by atoms with Crippen LogP contribution in [0.3, 0.4) is 0 Å². The highest BCUT2D eigenvalue weighted by Crippen LogP contribution is 2.37. The zero-order chi connectivity index (χ0) is 13.4. The van der Waals surface area contributed by atoms with Gasteiger partial charge >= 0.3 is 0 Å². The van der Waals surface area contributed by atoms with Gasteiger partial charge in [0.25, 0.3) is 0 Å². The molecule has 0 saturated carbocycles. The maximum absolute atomic E-state index is 2.39. The molecule has 0 saturated heterocycles. The molecule has 1 aliphatic rings. The predicted molar refractivity (Wildman–Crippen MR) is 84.3 cm³/mol. The summed E-state index contributed by atoms with van der Waals surface area (Å²) < 4.78 is 2.39. The molecule has 0 amide bonds. The van der Waals surface area contributed by atoms with Crippen molar-refractivity contribution in [2.75, 3.05) is 0 Å². The van der Waals surface area contributed by atoms with E-state index in [9.17, 15) is 0 Å². The lowest BCUT2D eigenvalue weighted by atomic mass is 10.0. The second kappa shape index (κ2) is 4.53. The molecule has 1 aromatic heterocycles. The molecular weight excluding hydrogens is 242 g/mol. The lowest BCUT2D eigenvalue weighted by Crippen LogP contribution is -1.96. The molecule has 2 aromatic carbocycles. The molecule has 0 spiro atoms. The van der Waals surface area contributed by atoms with Gasteiger partial charge in [0.15, 0.2) is 0 Å². The molecule has 4 rings (SSSR count). The van der Waals surface area contributed by atoms with E-state index in [2.05, 4.69) is 83.4 Å². The summed E-state index contributed by atoms with van der Waals surface area (Å²) in [5, 5.41) is 0. The monoisotopic (exact) mass is 257 g/mol. The van der Waals surface area contributed by atoms with Crippen molar-refractivity contribution < 1.29 is 0 Å². The van der Waals surface area contributed by atoms with E-state index in [1.165, 1.54) is 28.1 Å². The Balaban J connectivity index is 1.98. The number of allylic oxidation sites excluding steroid dienone is 1. The molecule has 3 aromatic rings. The summed E-state index contributed by atoms with van der Waals surface area (Å²) in [4.78, 5) is 0. The average molecular weight is 257 g/mol. The molecule has 1 heteroatoms. The Kier molecular flexibility index (Phi) is 2.56. The molecule has 0 atom stereocenters. The van der Waals surface area contributed by atoms with Crippen LogP contribution in [0.4, 0.5) is 0 Å². The van der Waals surface area contributed by atoms with Gasteiger partial charge in [0, 0.05) is 17.8 Å². The number of nitrogens with zero attached hydrogens (tertiary/aromatic N) is 1. The van der Waals surface area contributed by atoms with Gasteiger partial charge < -0.3 is 4.57 Å². The van der Waals surface area contributed by atoms with Gasteiger partial charge in [-0.25, -0.2) is 0 Å². The second-order valence-electron chi connectivity index (χ2n) is 5.08. The number of hydrogen-bond acceptors (Lipinski definition) is 0. The fraction of sp³-hybridized carbons (Fsp3) is 0.0526. The van der Waals surface area contributed by atoms with Crippen molar-refractivity contribution in [1.29, 1.82) is 0 Å². The van der Waals surface area contributed by atoms with Gasteiger partial charge in [0.2, 0.25) is 0 Å². The van der Waals surface area contributed by atoms with Crippen LogP contribution < -0.4 is 0 Å². The largest absolute Gasteiger partial charge is 0.337 e. The Morgan fingerprint density at radius 1 is 0.750 bits per heavy atom. The Morgan fingerprint density at radius 2 is 1.40 bits per heavy atom. The molecule has 2 heterocycles. The van der Waals surface area contributed by atoms with Gasteiger partial charge in [-0.05, 0) is 23.3 Å². The number of rotatable bonds is 2. The van der Waals surface area contributed by atoms with E-state index in [1.807, 2.05) is 0 Å². The summed E-state index contributed by atoms with van der Waals surface area (Å²) in [7, 11) is 0. The summed E-state index contributed by atoms with van der Waals surface area (Å²) in [6, 6.07) is 23.6. The normalized spacial score (nSPS) is 12.6. The maximum Gasteiger partial charge on any atom is 0.0567 e. The molecule has 0 bridgehead atoms. The molecule has 0 unspecified atom stereocenters. The third-order valence-corrected chi connectivity index (χ3v) is 3.84. The molecule has 0 N–H and O–H groups in total. The fourth-order valence-electron chi connectivity index (χ4n) is 2.93. The highest BCUT2D eigenvalue weighted by atomic mass is 15.0. The minimum atomic E-state index is 0.965. The zero-order valence-corrected chi connectivity index (χ0v) is 11.2. The van der Waals surface area contributed by atoms with Gasteiger partial charge in [-0.1, -0.05) is 66.7 Å². The van der Waals surface area contributed by atoms with Gasteiger partial charge in [0.05, 0.1) is 5.69 Å². The van der Waals surface area contributed by atoms with Crippen molar-refractivity contribution >= 4 is 6.08 Å². The number of benzene rings is 2. The van der Waals surface area contributed by atoms with Crippen LogP contribution in [0.5, 0.6) is 0 Å². The van der Waals surface area contributed by atoms with Crippen molar-refractivity contribution in [2.24, 2.45) is 0 Å². The van der Waals surface area contributed by atoms with E-state index in [1.54, 1.807) is 0 Å². The Morgan fingerprint density at radius 3 is 2.10 bits per heavy atom. The number of hydrogen-bond donors (Lipinski definition) is 0. The Hall–Kier alpha value is -2.54. The zero-order valence-electron chi connectivity index (χ0n) is 11.2. The van der Waals surface area contributed by atoms with E-state index in [0.717, 1.165) is 6.54 Å². The average Bonchev–Trinajstić information content (AvgIpc) is 3.09. The van der Waals surface area contributed by atoms with Gasteiger partial charge in [-0.2, -0.15) is 0 Å². The fourth-order valence-corrected chi connectivity index (χ4v) is 2.93. The predicted octanol–water partition coefficient (Wildman–Crippen LogP) is 4.85. The molecule has 1 nitrogen and oxygen atoms in total. The van der Waals surface area contributed by atoms with Crippen LogP contribution in [-0.4, -0.2) is 4.57 Å². The van der Waals surface area contributed by atoms with Gasteiger partial charge in [-0.3, -0.25) is 0 Å². The van der Waals surface area contributed by atoms with E-state index < -0.39 is 0 Å². The summed E-state index contributed by atoms with van der Waals surface area (Å²) in [5.74, 6) is 0. The van der Waals surface area contributed by atoms with E-state index in [-0.39, 0.29) is 0 Å². The van der Waals surface area contributed by atoms with Crippen LogP contribution in [-0.2, 0) is 6.54 Å². The SMILES string of the molecule is C1=Cc2cc(-c3ccccc3)c(-c3ccccc3)n2C1. The van der Waals surface area contributed by atoms with Crippen LogP contribution in [0.15, 0.2) is 72.8 Å². The lowest BCUT2D eigenvalue weighted by molar-refractivity contribution is 0.857. The summed E-state index contributed by atoms with van der Waals surface area (Å²) in [6.45, 7) is 0.965. The lowest BCUT2D eigenvalue weighted by Gasteiger charge is -2.10. The highest BCUT2D eigenvalue weighted by Gasteiger charge is 2.18. The van der Waals surface area contributed by atoms with Gasteiger partial charge in [-0.15, -0.1) is 0 Å². The van der Waals surface area contributed by atoms with Crippen molar-refractivity contribution in [3.8, 4) is 22.4 Å². The van der Waals surface area contributed by atoms with Crippen LogP contribution in [0, 0.1) is 0 Å². The third kappa shape index (κ3) is 1.71. The van der Waals surface area contributed by atoms with Crippen LogP contribution in [0.1, 0.15) is 5.69 Å².